The van der Waals surface area contributed by atoms with Crippen LogP contribution in [-0.4, -0.2) is 51.9 Å². The number of aryl methyl sites for hydroxylation is 2. The average molecular weight is 467 g/mol. The zero-order valence-corrected chi connectivity index (χ0v) is 19.9. The predicted octanol–water partition coefficient (Wildman–Crippen LogP) is 3.13. The molecule has 1 unspecified atom stereocenters. The summed E-state index contributed by atoms with van der Waals surface area (Å²) >= 11 is 0. The van der Waals surface area contributed by atoms with Gasteiger partial charge in [0.15, 0.2) is 11.6 Å². The maximum absolute atomic E-state index is 11.3. The van der Waals surface area contributed by atoms with Gasteiger partial charge in [0.25, 0.3) is 0 Å². The summed E-state index contributed by atoms with van der Waals surface area (Å²) in [6, 6.07) is 0. The molecule has 0 saturated heterocycles. The Labute approximate surface area is 198 Å². The number of aromatic nitrogens is 7. The minimum absolute atomic E-state index is 0.141. The summed E-state index contributed by atoms with van der Waals surface area (Å²) in [5.74, 6) is 1.44. The molecule has 0 radical (unpaired) electrons. The molecular weight excluding hydrogens is 436 g/mol. The topological polar surface area (TPSA) is 141 Å². The molecule has 34 heavy (non-hydrogen) atoms. The molecule has 1 fully saturated rings. The van der Waals surface area contributed by atoms with E-state index in [0.29, 0.717) is 42.6 Å². The summed E-state index contributed by atoms with van der Waals surface area (Å²) < 4.78 is 7.85. The van der Waals surface area contributed by atoms with Crippen molar-refractivity contribution in [1.29, 1.82) is 0 Å². The van der Waals surface area contributed by atoms with Crippen molar-refractivity contribution in [3.63, 3.8) is 0 Å². The normalized spacial score (nSPS) is 18.1. The molecule has 0 aromatic carbocycles. The lowest BCUT2D eigenvalue weighted by atomic mass is 9.87. The summed E-state index contributed by atoms with van der Waals surface area (Å²) in [6.45, 7) is 6.37. The molecule has 0 aliphatic heterocycles. The van der Waals surface area contributed by atoms with Gasteiger partial charge in [-0.3, -0.25) is 9.48 Å². The van der Waals surface area contributed by atoms with Crippen molar-refractivity contribution in [2.75, 3.05) is 5.32 Å². The molecule has 3 heterocycles. The molecule has 4 rings (SSSR count). The number of rotatable bonds is 8. The van der Waals surface area contributed by atoms with Crippen LogP contribution in [0.4, 0.5) is 5.95 Å². The van der Waals surface area contributed by atoms with Crippen molar-refractivity contribution in [1.82, 2.24) is 34.7 Å². The second-order valence-corrected chi connectivity index (χ2v) is 8.89. The number of hydrogen-bond donors (Lipinski definition) is 2. The Morgan fingerprint density at radius 2 is 2.06 bits per heavy atom. The third-order valence-corrected chi connectivity index (χ3v) is 6.03. The summed E-state index contributed by atoms with van der Waals surface area (Å²) in [5, 5.41) is 16.9. The van der Waals surface area contributed by atoms with E-state index >= 15 is 0 Å². The molecule has 2 N–H and O–H groups in total. The lowest BCUT2D eigenvalue weighted by Gasteiger charge is -2.27. The van der Waals surface area contributed by atoms with Crippen LogP contribution in [0.5, 0.6) is 5.75 Å². The van der Waals surface area contributed by atoms with Gasteiger partial charge in [-0.05, 0) is 32.6 Å². The molecule has 1 saturated carbocycles. The van der Waals surface area contributed by atoms with E-state index in [9.17, 15) is 9.90 Å². The van der Waals surface area contributed by atoms with Crippen LogP contribution in [-0.2, 0) is 18.4 Å². The first-order valence-corrected chi connectivity index (χ1v) is 11.5. The maximum atomic E-state index is 11.3. The number of carbonyl (C=O) groups is 1. The van der Waals surface area contributed by atoms with Crippen LogP contribution < -0.4 is 10.1 Å². The van der Waals surface area contributed by atoms with Crippen LogP contribution in [0.25, 0.3) is 11.4 Å². The SMILES string of the molecule is Cc1nc(-c2cnn(C)c2CNc2ncnc(C(C)C)n2)ncc1O[C@H]1CCCC(C(=O)O)C1. The first kappa shape index (κ1) is 23.5. The average Bonchev–Trinajstić information content (AvgIpc) is 3.19. The van der Waals surface area contributed by atoms with Gasteiger partial charge in [0, 0.05) is 13.0 Å². The zero-order valence-electron chi connectivity index (χ0n) is 19.9. The lowest BCUT2D eigenvalue weighted by molar-refractivity contribution is -0.143. The quantitative estimate of drug-likeness (QED) is 0.508. The van der Waals surface area contributed by atoms with Crippen molar-refractivity contribution in [3.8, 4) is 17.1 Å². The molecule has 11 nitrogen and oxygen atoms in total. The predicted molar refractivity (Wildman–Crippen MR) is 124 cm³/mol. The number of nitrogens with one attached hydrogen (secondary N) is 1. The molecule has 2 atom stereocenters. The lowest BCUT2D eigenvalue weighted by Crippen LogP contribution is -2.29. The van der Waals surface area contributed by atoms with Crippen LogP contribution in [0.3, 0.4) is 0 Å². The molecule has 1 aliphatic carbocycles. The Morgan fingerprint density at radius 3 is 2.79 bits per heavy atom. The molecule has 0 amide bonds. The van der Waals surface area contributed by atoms with Gasteiger partial charge in [-0.25, -0.2) is 19.9 Å². The maximum Gasteiger partial charge on any atom is 0.306 e. The number of hydrogen-bond acceptors (Lipinski definition) is 9. The number of carboxylic acids is 1. The van der Waals surface area contributed by atoms with Gasteiger partial charge in [-0.2, -0.15) is 10.1 Å². The van der Waals surface area contributed by atoms with E-state index in [1.165, 1.54) is 6.33 Å². The highest BCUT2D eigenvalue weighted by atomic mass is 16.5. The van der Waals surface area contributed by atoms with E-state index in [1.54, 1.807) is 17.1 Å². The largest absolute Gasteiger partial charge is 0.487 e. The highest BCUT2D eigenvalue weighted by Gasteiger charge is 2.28. The first-order chi connectivity index (χ1) is 16.3. The van der Waals surface area contributed by atoms with Crippen molar-refractivity contribution in [2.45, 2.75) is 65.0 Å². The van der Waals surface area contributed by atoms with Gasteiger partial charge >= 0.3 is 5.97 Å². The number of nitrogens with zero attached hydrogens (tertiary/aromatic N) is 7. The molecule has 11 heteroatoms. The standard InChI is InChI=1S/C23H30N8O3/c1-13(2)20-26-12-27-23(30-20)25-10-18-17(9-28-31(18)4)21-24-11-19(14(3)29-21)34-16-7-5-6-15(8-16)22(32)33/h9,11-13,15-16H,5-8,10H2,1-4H3,(H,32,33)(H,25,26,27,30)/t15?,16-/m0/s1. The summed E-state index contributed by atoms with van der Waals surface area (Å²) in [7, 11) is 1.86. The Balaban J connectivity index is 1.48. The van der Waals surface area contributed by atoms with Crippen molar-refractivity contribution >= 4 is 11.9 Å². The van der Waals surface area contributed by atoms with Crippen molar-refractivity contribution < 1.29 is 14.6 Å². The van der Waals surface area contributed by atoms with E-state index < -0.39 is 5.97 Å². The minimum Gasteiger partial charge on any atom is -0.487 e. The van der Waals surface area contributed by atoms with Gasteiger partial charge in [0.1, 0.15) is 12.2 Å². The Bertz CT molecular complexity index is 1160. The Kier molecular flexibility index (Phi) is 6.99. The summed E-state index contributed by atoms with van der Waals surface area (Å²) in [4.78, 5) is 33.4. The molecule has 3 aromatic heterocycles. The molecule has 1 aliphatic rings. The first-order valence-electron chi connectivity index (χ1n) is 11.5. The third kappa shape index (κ3) is 5.29. The zero-order chi connectivity index (χ0) is 24.2. The van der Waals surface area contributed by atoms with Crippen LogP contribution in [0, 0.1) is 12.8 Å². The monoisotopic (exact) mass is 466 g/mol. The van der Waals surface area contributed by atoms with Crippen molar-refractivity contribution in [2.24, 2.45) is 13.0 Å². The second-order valence-electron chi connectivity index (χ2n) is 8.89. The van der Waals surface area contributed by atoms with Crippen LogP contribution >= 0.6 is 0 Å². The van der Waals surface area contributed by atoms with E-state index in [0.717, 1.165) is 29.9 Å². The van der Waals surface area contributed by atoms with Gasteiger partial charge < -0.3 is 15.2 Å². The summed E-state index contributed by atoms with van der Waals surface area (Å²) in [6.07, 6.45) is 7.63. The van der Waals surface area contributed by atoms with E-state index in [-0.39, 0.29) is 17.9 Å². The molecule has 0 spiro atoms. The minimum atomic E-state index is -0.757. The molecule has 180 valence electrons. The smallest absolute Gasteiger partial charge is 0.306 e. The highest BCUT2D eigenvalue weighted by Crippen LogP contribution is 2.30. The second kappa shape index (κ2) is 10.1. The van der Waals surface area contributed by atoms with Gasteiger partial charge in [-0.1, -0.05) is 13.8 Å². The summed E-state index contributed by atoms with van der Waals surface area (Å²) in [5.41, 5.74) is 2.38. The van der Waals surface area contributed by atoms with Crippen LogP contribution in [0.15, 0.2) is 18.7 Å². The Morgan fingerprint density at radius 1 is 1.24 bits per heavy atom. The Hall–Kier alpha value is -3.63. The van der Waals surface area contributed by atoms with Crippen LogP contribution in [0.2, 0.25) is 0 Å². The van der Waals surface area contributed by atoms with Gasteiger partial charge in [-0.15, -0.1) is 0 Å². The van der Waals surface area contributed by atoms with E-state index in [1.807, 2.05) is 27.8 Å². The molecule has 0 bridgehead atoms. The third-order valence-electron chi connectivity index (χ3n) is 6.03. The fourth-order valence-electron chi connectivity index (χ4n) is 4.05. The van der Waals surface area contributed by atoms with Gasteiger partial charge in [0.05, 0.1) is 47.9 Å². The van der Waals surface area contributed by atoms with Crippen molar-refractivity contribution in [3.05, 3.63) is 35.9 Å². The van der Waals surface area contributed by atoms with E-state index in [2.05, 4.69) is 35.3 Å². The molecular formula is C23H30N8O3. The molecule has 3 aromatic rings. The van der Waals surface area contributed by atoms with E-state index in [4.69, 9.17) is 4.74 Å². The number of carboxylic acid groups (broad SMARTS) is 1. The fourth-order valence-corrected chi connectivity index (χ4v) is 4.05. The number of ether oxygens (including phenoxy) is 1. The number of anilines is 1. The number of aliphatic carboxylic acids is 1. The van der Waals surface area contributed by atoms with Gasteiger partial charge in [0.2, 0.25) is 5.95 Å². The fraction of sp³-hybridized carbons (Fsp3) is 0.522. The van der Waals surface area contributed by atoms with Crippen LogP contribution in [0.1, 0.15) is 62.7 Å². The highest BCUT2D eigenvalue weighted by molar-refractivity contribution is 5.70.